The van der Waals surface area contributed by atoms with Gasteiger partial charge in [0, 0.05) is 185 Å². The zero-order valence-electron chi connectivity index (χ0n) is 81.8. The number of hydrogen-bond acceptors (Lipinski definition) is 26. The normalized spacial score (nSPS) is 19.6. The van der Waals surface area contributed by atoms with Crippen LogP contribution in [0.5, 0.6) is 28.7 Å². The van der Waals surface area contributed by atoms with Crippen LogP contribution in [0.1, 0.15) is 174 Å². The number of benzene rings is 10. The summed E-state index contributed by atoms with van der Waals surface area (Å²) in [5.74, 6) is -6.43. The van der Waals surface area contributed by atoms with E-state index in [4.69, 9.17) is 31.5 Å². The van der Waals surface area contributed by atoms with Crippen LogP contribution in [0, 0.1) is 29.1 Å². The molecule has 10 aliphatic heterocycles. The first kappa shape index (κ1) is 100.0. The molecule has 0 radical (unpaired) electrons. The first-order valence-corrected chi connectivity index (χ1v) is 47.1. The molecular formula is C106H102F5N15O21. The molecule has 10 aliphatic rings. The molecule has 10 heterocycles. The van der Waals surface area contributed by atoms with E-state index in [-0.39, 0.29) is 177 Å². The lowest BCUT2D eigenvalue weighted by molar-refractivity contribution is -0.138. The Kier molecular flexibility index (Phi) is 31.0. The third-order valence-electron chi connectivity index (χ3n) is 26.1. The number of amides is 15. The molecule has 0 saturated carbocycles. The summed E-state index contributed by atoms with van der Waals surface area (Å²) in [5, 5.41) is 34.9. The topological polar surface area (TPSA) is 459 Å². The fourth-order valence-corrected chi connectivity index (χ4v) is 18.3. The molecule has 147 heavy (non-hydrogen) atoms. The van der Waals surface area contributed by atoms with Gasteiger partial charge in [-0.05, 0) is 184 Å². The number of carbonyl (C=O) groups is 15. The summed E-state index contributed by atoms with van der Waals surface area (Å²) < 4.78 is 116. The van der Waals surface area contributed by atoms with Gasteiger partial charge in [-0.25, -0.2) is 22.0 Å². The molecule has 36 nitrogen and oxygen atoms in total. The molecule has 3 unspecified atom stereocenters. The third-order valence-corrected chi connectivity index (χ3v) is 26.1. The number of carbonyl (C=O) groups excluding carboxylic acids is 15. The van der Waals surface area contributed by atoms with E-state index >= 15 is 0 Å². The molecule has 5 fully saturated rings. The van der Waals surface area contributed by atoms with Gasteiger partial charge >= 0.3 is 0 Å². The fourth-order valence-electron chi connectivity index (χ4n) is 18.3. The van der Waals surface area contributed by atoms with Crippen LogP contribution in [0.25, 0.3) is 0 Å². The van der Waals surface area contributed by atoms with Crippen molar-refractivity contribution >= 4 is 117 Å². The van der Waals surface area contributed by atoms with Crippen molar-refractivity contribution in [3.8, 4) is 28.7 Å². The maximum absolute atomic E-state index is 14.3. The summed E-state index contributed by atoms with van der Waals surface area (Å²) >= 11 is 0. The van der Waals surface area contributed by atoms with E-state index in [1.807, 2.05) is 0 Å². The Hall–Kier alpha value is -17.1. The third kappa shape index (κ3) is 23.1. The molecule has 0 bridgehead atoms. The van der Waals surface area contributed by atoms with Crippen molar-refractivity contribution in [2.75, 3.05) is 68.0 Å². The average Bonchev–Trinajstić information content (AvgIpc) is 1.50. The van der Waals surface area contributed by atoms with E-state index in [1.165, 1.54) is 57.2 Å². The van der Waals surface area contributed by atoms with Crippen LogP contribution in [0.3, 0.4) is 0 Å². The molecule has 15 amide bonds. The fraction of sp³-hybridized carbons (Fsp3) is 0.292. The molecule has 0 aliphatic carbocycles. The number of imide groups is 5. The van der Waals surface area contributed by atoms with Crippen LogP contribution in [0.2, 0.25) is 0 Å². The Bertz CT molecular complexity index is 6700. The largest absolute Gasteiger partial charge is 0.491 e. The zero-order chi connectivity index (χ0) is 106. The highest BCUT2D eigenvalue weighted by Crippen LogP contribution is 2.42. The van der Waals surface area contributed by atoms with Crippen molar-refractivity contribution in [3.05, 3.63) is 295 Å². The van der Waals surface area contributed by atoms with E-state index in [2.05, 4.69) is 53.2 Å². The van der Waals surface area contributed by atoms with Crippen molar-refractivity contribution in [2.45, 2.75) is 160 Å². The highest BCUT2D eigenvalue weighted by molar-refractivity contribution is 6.10. The van der Waals surface area contributed by atoms with Crippen molar-refractivity contribution in [3.63, 3.8) is 0 Å². The first-order valence-electron chi connectivity index (χ1n) is 48.1. The smallest absolute Gasteiger partial charge is 0.255 e. The number of rotatable bonds is 27. The monoisotopic (exact) mass is 2020 g/mol. The molecule has 41 heteroatoms. The SMILES string of the molecule is CNc1ccc(F)c(COc2cccc3c2CN(C2CCC(=O)NC2=O)C3=O)c1.CNc1ccc(F)c(COc2cccc3c2CN([C@@H]2CCC(=O)NC2=O)C3=O)c1.CNc1ccc(F)c(COc2cccc3c2CN([C@H]2CCC(=O)NC2=O)C3=O)c1.[2H]C1(N2Cc3c(NCc4cc(OCCO)ccc4F)cccc3C2=O)CCC(=O)NC1=O.[2H]C1(N2Cc3c(OCc4cc(NC)ccc4F)cccc3C2=O)CCC(=O)NC1=O. The van der Waals surface area contributed by atoms with Crippen LogP contribution in [0.4, 0.5) is 50.4 Å². The van der Waals surface area contributed by atoms with Gasteiger partial charge in [0.2, 0.25) is 59.1 Å². The molecule has 5 atom stereocenters. The number of hydrogen-bond donors (Lipinski definition) is 11. The molecule has 20 rings (SSSR count). The van der Waals surface area contributed by atoms with Gasteiger partial charge in [-0.1, -0.05) is 30.3 Å². The van der Waals surface area contributed by atoms with Gasteiger partial charge in [-0.2, -0.15) is 0 Å². The molecule has 11 N–H and O–H groups in total. The predicted molar refractivity (Wildman–Crippen MR) is 520 cm³/mol. The van der Waals surface area contributed by atoms with E-state index in [9.17, 15) is 93.9 Å². The highest BCUT2D eigenvalue weighted by atomic mass is 19.1. The first-order chi connectivity index (χ1) is 71.6. The van der Waals surface area contributed by atoms with Gasteiger partial charge in [-0.15, -0.1) is 0 Å². The number of anilines is 5. The van der Waals surface area contributed by atoms with Crippen LogP contribution in [0.15, 0.2) is 182 Å². The Labute approximate surface area is 840 Å². The van der Waals surface area contributed by atoms with Gasteiger partial charge in [0.25, 0.3) is 29.5 Å². The number of piperidine rings is 5. The molecule has 0 spiro atoms. The standard InChI is InChI=1S/C22H22FN3O5.4C21H20FN3O4/c23-17-5-4-14(31-9-8-27)10-13(17)11-24-18-3-1-2-15-16(18)12-26(22(15)30)19-6-7-20(28)25-21(19)29;4*1-23-13-5-6-16(22)12(9-13)11-29-18-4-2-3-14-15(18)10-25(21(14)28)17-7-8-19(26)24-20(17)27/h1-5,10,19,24,27H,6-9,11-12H2,(H,25,28,29);4*2-6,9,17,23H,7-8,10-11H2,1H3,(H,24,26,27)/t;2*17-;;/m.10../s1/i19D;;;17D;. The van der Waals surface area contributed by atoms with Crippen molar-refractivity contribution in [2.24, 2.45) is 0 Å². The number of aliphatic hydroxyl groups excluding tert-OH is 1. The molecule has 10 aromatic carbocycles. The Morgan fingerprint density at radius 2 is 0.592 bits per heavy atom. The highest BCUT2D eigenvalue weighted by Gasteiger charge is 2.47. The van der Waals surface area contributed by atoms with Crippen LogP contribution in [-0.2, 0) is 114 Å². The summed E-state index contributed by atoms with van der Waals surface area (Å²) in [6, 6.07) is 42.3. The van der Waals surface area contributed by atoms with E-state index < -0.39 is 95.0 Å². The van der Waals surface area contributed by atoms with E-state index in [0.717, 1.165) is 32.5 Å². The molecule has 762 valence electrons. The molecule has 10 aromatic rings. The minimum Gasteiger partial charge on any atom is -0.491 e. The number of aliphatic hydroxyl groups is 1. The summed E-state index contributed by atoms with van der Waals surface area (Å²) in [4.78, 5) is 189. The lowest BCUT2D eigenvalue weighted by Crippen LogP contribution is -2.52. The van der Waals surface area contributed by atoms with Crippen molar-refractivity contribution in [1.29, 1.82) is 0 Å². The maximum Gasteiger partial charge on any atom is 0.255 e. The van der Waals surface area contributed by atoms with E-state index in [1.54, 1.807) is 168 Å². The van der Waals surface area contributed by atoms with Gasteiger partial charge < -0.3 is 79.9 Å². The minimum atomic E-state index is -1.87. The molecule has 0 aromatic heterocycles. The number of nitrogens with one attached hydrogen (secondary N) is 10. The van der Waals surface area contributed by atoms with Crippen LogP contribution < -0.4 is 76.9 Å². The summed E-state index contributed by atoms with van der Waals surface area (Å²) in [6.07, 6.45) is 1.28. The van der Waals surface area contributed by atoms with Gasteiger partial charge in [0.1, 0.15) is 121 Å². The van der Waals surface area contributed by atoms with Gasteiger partial charge in [-0.3, -0.25) is 98.5 Å². The lowest BCUT2D eigenvalue weighted by Gasteiger charge is -2.29. The Balaban J connectivity index is 0.000000133. The summed E-state index contributed by atoms with van der Waals surface area (Å²) in [7, 11) is 6.97. The van der Waals surface area contributed by atoms with Gasteiger partial charge in [0.05, 0.1) is 35.5 Å². The number of halogens is 5. The number of ether oxygens (including phenoxy) is 5. The lowest BCUT2D eigenvalue weighted by atomic mass is 10.0. The number of fused-ring (bicyclic) bond motifs is 5. The van der Waals surface area contributed by atoms with Crippen molar-refractivity contribution < 1.29 is 125 Å². The van der Waals surface area contributed by atoms with Crippen LogP contribution >= 0.6 is 0 Å². The second-order valence-electron chi connectivity index (χ2n) is 35.1. The second kappa shape index (κ2) is 45.6. The van der Waals surface area contributed by atoms with Crippen LogP contribution in [-0.4, -0.2) is 190 Å². The number of nitrogens with zero attached hydrogens (tertiary/aromatic N) is 5. The quantitative estimate of drug-likeness (QED) is 0.0168. The Morgan fingerprint density at radius 3 is 0.898 bits per heavy atom. The van der Waals surface area contributed by atoms with E-state index in [0.29, 0.717) is 137 Å². The maximum atomic E-state index is 14.3. The molecule has 5 saturated heterocycles. The predicted octanol–water partition coefficient (Wildman–Crippen LogP) is 10.4. The average molecular weight is 2020 g/mol. The summed E-state index contributed by atoms with van der Waals surface area (Å²) in [6.45, 7) is 0.631. The van der Waals surface area contributed by atoms with Crippen molar-refractivity contribution in [1.82, 2.24) is 51.1 Å². The van der Waals surface area contributed by atoms with Gasteiger partial charge in [0.15, 0.2) is 0 Å². The zero-order valence-corrected chi connectivity index (χ0v) is 79.8. The summed E-state index contributed by atoms with van der Waals surface area (Å²) in [5.41, 5.74) is 10.6. The second-order valence-corrected chi connectivity index (χ2v) is 35.1. The Morgan fingerprint density at radius 1 is 0.320 bits per heavy atom. The molecular weight excluding hydrogens is 1910 g/mol. The minimum absolute atomic E-state index is 0.00438.